The fourth-order valence-corrected chi connectivity index (χ4v) is 5.93. The van der Waals surface area contributed by atoms with Gasteiger partial charge in [-0.05, 0) is 40.2 Å². The molecule has 0 radical (unpaired) electrons. The molecule has 150 valence electrons. The van der Waals surface area contributed by atoms with Crippen LogP contribution in [0.25, 0.3) is 0 Å². The first-order valence-corrected chi connectivity index (χ1v) is 12.0. The maximum Gasteiger partial charge on any atom is 0.246 e. The fourth-order valence-electron chi connectivity index (χ4n) is 2.94. The number of sulfonamides is 1. The lowest BCUT2D eigenvalue weighted by Crippen LogP contribution is -2.50. The standard InChI is InChI=1S/C19H20BrFN2O3S2/c20-15-5-1-3-7-17(15)27-14-9-19(24)22-10-12-23(13-11-22)28(25,26)18-8-4-2-6-16(18)21/h1-8H,9-14H2. The molecular formula is C19H20BrFN2O3S2. The highest BCUT2D eigenvalue weighted by Crippen LogP contribution is 2.27. The van der Waals surface area contributed by atoms with Crippen LogP contribution >= 0.6 is 27.7 Å². The zero-order valence-corrected chi connectivity index (χ0v) is 18.3. The molecule has 0 saturated carbocycles. The quantitative estimate of drug-likeness (QED) is 0.585. The van der Waals surface area contributed by atoms with Crippen molar-refractivity contribution in [2.75, 3.05) is 31.9 Å². The van der Waals surface area contributed by atoms with Crippen molar-refractivity contribution in [2.45, 2.75) is 16.2 Å². The summed E-state index contributed by atoms with van der Waals surface area (Å²) in [4.78, 5) is 14.9. The van der Waals surface area contributed by atoms with Gasteiger partial charge in [0, 0.05) is 47.7 Å². The topological polar surface area (TPSA) is 57.7 Å². The highest BCUT2D eigenvalue weighted by molar-refractivity contribution is 9.10. The maximum absolute atomic E-state index is 13.9. The summed E-state index contributed by atoms with van der Waals surface area (Å²) in [6, 6.07) is 13.2. The monoisotopic (exact) mass is 486 g/mol. The summed E-state index contributed by atoms with van der Waals surface area (Å²) in [5, 5.41) is 0. The number of thioether (sulfide) groups is 1. The van der Waals surface area contributed by atoms with Gasteiger partial charge in [0.1, 0.15) is 10.7 Å². The third-order valence-corrected chi connectivity index (χ3v) is 8.42. The van der Waals surface area contributed by atoms with Crippen LogP contribution < -0.4 is 0 Å². The van der Waals surface area contributed by atoms with Crippen molar-refractivity contribution in [1.29, 1.82) is 0 Å². The van der Waals surface area contributed by atoms with Gasteiger partial charge in [-0.3, -0.25) is 4.79 Å². The summed E-state index contributed by atoms with van der Waals surface area (Å²) in [5.41, 5.74) is 0. The lowest BCUT2D eigenvalue weighted by Gasteiger charge is -2.34. The summed E-state index contributed by atoms with van der Waals surface area (Å²) in [5.74, 6) is -0.109. The number of amides is 1. The first-order chi connectivity index (χ1) is 13.4. The largest absolute Gasteiger partial charge is 0.340 e. The predicted octanol–water partition coefficient (Wildman–Crippen LogP) is 3.60. The lowest BCUT2D eigenvalue weighted by molar-refractivity contribution is -0.131. The van der Waals surface area contributed by atoms with E-state index in [2.05, 4.69) is 15.9 Å². The molecule has 2 aromatic rings. The van der Waals surface area contributed by atoms with E-state index >= 15 is 0 Å². The Morgan fingerprint density at radius 2 is 1.68 bits per heavy atom. The molecule has 0 atom stereocenters. The van der Waals surface area contributed by atoms with E-state index in [0.717, 1.165) is 15.4 Å². The van der Waals surface area contributed by atoms with E-state index in [-0.39, 0.29) is 23.9 Å². The van der Waals surface area contributed by atoms with Crippen LogP contribution in [0, 0.1) is 5.82 Å². The molecule has 0 unspecified atom stereocenters. The van der Waals surface area contributed by atoms with Gasteiger partial charge in [0.15, 0.2) is 0 Å². The molecule has 9 heteroatoms. The Morgan fingerprint density at radius 1 is 1.04 bits per heavy atom. The average molecular weight is 487 g/mol. The van der Waals surface area contributed by atoms with Crippen molar-refractivity contribution < 1.29 is 17.6 Å². The zero-order valence-electron chi connectivity index (χ0n) is 15.1. The van der Waals surface area contributed by atoms with Crippen LogP contribution in [0.2, 0.25) is 0 Å². The second-order valence-corrected chi connectivity index (χ2v) is 10.1. The van der Waals surface area contributed by atoms with Gasteiger partial charge in [-0.1, -0.05) is 24.3 Å². The smallest absolute Gasteiger partial charge is 0.246 e. The van der Waals surface area contributed by atoms with Crippen LogP contribution in [-0.2, 0) is 14.8 Å². The second kappa shape index (κ2) is 9.39. The zero-order chi connectivity index (χ0) is 20.1. The fraction of sp³-hybridized carbons (Fsp3) is 0.316. The summed E-state index contributed by atoms with van der Waals surface area (Å²) >= 11 is 5.08. The molecule has 1 amide bonds. The van der Waals surface area contributed by atoms with E-state index in [9.17, 15) is 17.6 Å². The number of hydrogen-bond acceptors (Lipinski definition) is 4. The van der Waals surface area contributed by atoms with Crippen molar-refractivity contribution >= 4 is 43.6 Å². The number of piperazine rings is 1. The first-order valence-electron chi connectivity index (χ1n) is 8.79. The normalized spacial score (nSPS) is 15.6. The molecular weight excluding hydrogens is 467 g/mol. The molecule has 2 aromatic carbocycles. The minimum atomic E-state index is -3.89. The molecule has 28 heavy (non-hydrogen) atoms. The van der Waals surface area contributed by atoms with Crippen LogP contribution in [0.3, 0.4) is 0 Å². The van der Waals surface area contributed by atoms with Crippen molar-refractivity contribution in [3.8, 4) is 0 Å². The highest BCUT2D eigenvalue weighted by atomic mass is 79.9. The second-order valence-electron chi connectivity index (χ2n) is 6.24. The molecule has 0 spiro atoms. The summed E-state index contributed by atoms with van der Waals surface area (Å²) in [6.07, 6.45) is 0.381. The van der Waals surface area contributed by atoms with Crippen LogP contribution in [0.5, 0.6) is 0 Å². The Labute approximate surface area is 177 Å². The number of carbonyl (C=O) groups excluding carboxylic acids is 1. The lowest BCUT2D eigenvalue weighted by atomic mass is 10.3. The Hall–Kier alpha value is -1.42. The average Bonchev–Trinajstić information content (AvgIpc) is 2.69. The Bertz CT molecular complexity index is 948. The van der Waals surface area contributed by atoms with Gasteiger partial charge >= 0.3 is 0 Å². The number of hydrogen-bond donors (Lipinski definition) is 0. The van der Waals surface area contributed by atoms with Crippen molar-refractivity contribution in [2.24, 2.45) is 0 Å². The minimum Gasteiger partial charge on any atom is -0.340 e. The third kappa shape index (κ3) is 4.94. The van der Waals surface area contributed by atoms with Gasteiger partial charge in [-0.15, -0.1) is 11.8 Å². The number of nitrogens with zero attached hydrogens (tertiary/aromatic N) is 2. The Balaban J connectivity index is 1.51. The highest BCUT2D eigenvalue weighted by Gasteiger charge is 2.31. The molecule has 3 rings (SSSR count). The minimum absolute atomic E-state index is 0.00231. The first kappa shape index (κ1) is 21.3. The number of carbonyl (C=O) groups is 1. The van der Waals surface area contributed by atoms with Gasteiger partial charge in [-0.2, -0.15) is 4.31 Å². The van der Waals surface area contributed by atoms with Gasteiger partial charge in [0.2, 0.25) is 15.9 Å². The molecule has 1 aliphatic rings. The third-order valence-electron chi connectivity index (χ3n) is 4.46. The predicted molar refractivity (Wildman–Crippen MR) is 111 cm³/mol. The molecule has 0 aliphatic carbocycles. The van der Waals surface area contributed by atoms with Gasteiger partial charge in [0.05, 0.1) is 0 Å². The van der Waals surface area contributed by atoms with Gasteiger partial charge in [-0.25, -0.2) is 12.8 Å². The number of rotatable bonds is 6. The maximum atomic E-state index is 13.9. The molecule has 1 fully saturated rings. The molecule has 1 heterocycles. The van der Waals surface area contributed by atoms with E-state index in [1.807, 2.05) is 24.3 Å². The summed E-state index contributed by atoms with van der Waals surface area (Å²) in [7, 11) is -3.89. The van der Waals surface area contributed by atoms with E-state index in [0.29, 0.717) is 25.3 Å². The van der Waals surface area contributed by atoms with Crippen molar-refractivity contribution in [3.63, 3.8) is 0 Å². The molecule has 0 aromatic heterocycles. The van der Waals surface area contributed by atoms with E-state index in [1.54, 1.807) is 16.7 Å². The molecule has 0 bridgehead atoms. The van der Waals surface area contributed by atoms with E-state index in [1.165, 1.54) is 22.5 Å². The van der Waals surface area contributed by atoms with Crippen LogP contribution in [0.1, 0.15) is 6.42 Å². The number of halogens is 2. The van der Waals surface area contributed by atoms with Crippen LogP contribution in [0.4, 0.5) is 4.39 Å². The molecule has 5 nitrogen and oxygen atoms in total. The van der Waals surface area contributed by atoms with Crippen LogP contribution in [-0.4, -0.2) is 55.5 Å². The van der Waals surface area contributed by atoms with Crippen molar-refractivity contribution in [3.05, 3.63) is 58.8 Å². The van der Waals surface area contributed by atoms with Gasteiger partial charge in [0.25, 0.3) is 0 Å². The SMILES string of the molecule is O=C(CCSc1ccccc1Br)N1CCN(S(=O)(=O)c2ccccc2F)CC1. The molecule has 1 aliphatic heterocycles. The number of benzene rings is 2. The van der Waals surface area contributed by atoms with E-state index < -0.39 is 15.8 Å². The Morgan fingerprint density at radius 3 is 2.36 bits per heavy atom. The summed E-state index contributed by atoms with van der Waals surface area (Å²) < 4.78 is 41.4. The van der Waals surface area contributed by atoms with Crippen molar-refractivity contribution in [1.82, 2.24) is 9.21 Å². The Kier molecular flexibility index (Phi) is 7.14. The van der Waals surface area contributed by atoms with E-state index in [4.69, 9.17) is 0 Å². The molecule has 1 saturated heterocycles. The summed E-state index contributed by atoms with van der Waals surface area (Å²) in [6.45, 7) is 0.956. The molecule has 0 N–H and O–H groups in total. The van der Waals surface area contributed by atoms with Crippen LogP contribution in [0.15, 0.2) is 62.8 Å². The van der Waals surface area contributed by atoms with Gasteiger partial charge < -0.3 is 4.90 Å².